The highest BCUT2D eigenvalue weighted by atomic mass is 16.5. The Labute approximate surface area is 127 Å². The molecule has 2 N–H and O–H groups in total. The second-order valence-corrected chi connectivity index (χ2v) is 5.68. The topological polar surface area (TPSA) is 48.0 Å². The average Bonchev–Trinajstić information content (AvgIpc) is 2.50. The van der Waals surface area contributed by atoms with Crippen LogP contribution < -0.4 is 10.1 Å². The van der Waals surface area contributed by atoms with E-state index in [9.17, 15) is 5.11 Å². The zero-order valence-corrected chi connectivity index (χ0v) is 13.1. The van der Waals surface area contributed by atoms with Crippen LogP contribution in [-0.4, -0.2) is 68.3 Å². The Kier molecular flexibility index (Phi) is 6.29. The number of phenols is 1. The lowest BCUT2D eigenvalue weighted by atomic mass is 10.2. The molecule has 0 atom stereocenters. The van der Waals surface area contributed by atoms with Crippen LogP contribution in [0.15, 0.2) is 18.2 Å². The summed E-state index contributed by atoms with van der Waals surface area (Å²) in [5.74, 6) is 0.725. The maximum absolute atomic E-state index is 9.55. The number of nitrogens with one attached hydrogen (secondary N) is 1. The number of hydrogen-bond donors (Lipinski definition) is 2. The van der Waals surface area contributed by atoms with Gasteiger partial charge in [0.2, 0.25) is 0 Å². The number of hydrogen-bond acceptors (Lipinski definition) is 5. The van der Waals surface area contributed by atoms with Crippen LogP contribution in [0.1, 0.15) is 12.0 Å². The molecule has 5 nitrogen and oxygen atoms in total. The fraction of sp³-hybridized carbons (Fsp3) is 0.625. The molecule has 0 bridgehead atoms. The van der Waals surface area contributed by atoms with Gasteiger partial charge < -0.3 is 25.0 Å². The van der Waals surface area contributed by atoms with Crippen molar-refractivity contribution in [2.24, 2.45) is 0 Å². The molecule has 0 spiro atoms. The third-order valence-electron chi connectivity index (χ3n) is 4.00. The number of benzene rings is 1. The zero-order chi connectivity index (χ0) is 15.1. The Hall–Kier alpha value is -1.30. The molecule has 1 saturated heterocycles. The van der Waals surface area contributed by atoms with Gasteiger partial charge in [-0.3, -0.25) is 0 Å². The van der Waals surface area contributed by atoms with E-state index in [2.05, 4.69) is 22.2 Å². The molecule has 0 amide bonds. The van der Waals surface area contributed by atoms with E-state index < -0.39 is 0 Å². The van der Waals surface area contributed by atoms with Crippen molar-refractivity contribution in [2.75, 3.05) is 53.4 Å². The van der Waals surface area contributed by atoms with E-state index in [1.54, 1.807) is 13.2 Å². The van der Waals surface area contributed by atoms with Gasteiger partial charge in [-0.05, 0) is 44.3 Å². The van der Waals surface area contributed by atoms with Crippen molar-refractivity contribution in [2.45, 2.75) is 13.0 Å². The number of ether oxygens (including phenoxy) is 1. The summed E-state index contributed by atoms with van der Waals surface area (Å²) in [4.78, 5) is 4.91. The SMILES string of the molecule is COc1cc(CNCCCN2CCN(C)CC2)ccc1O. The number of methoxy groups -OCH3 is 1. The van der Waals surface area contributed by atoms with Crippen molar-refractivity contribution in [1.29, 1.82) is 0 Å². The smallest absolute Gasteiger partial charge is 0.160 e. The Morgan fingerprint density at radius 1 is 1.24 bits per heavy atom. The molecule has 118 valence electrons. The number of piperazine rings is 1. The number of nitrogens with zero attached hydrogens (tertiary/aromatic N) is 2. The molecule has 0 unspecified atom stereocenters. The predicted octanol–water partition coefficient (Wildman–Crippen LogP) is 1.13. The normalized spacial score (nSPS) is 17.0. The summed E-state index contributed by atoms with van der Waals surface area (Å²) in [5.41, 5.74) is 1.13. The molecule has 5 heteroatoms. The first-order valence-electron chi connectivity index (χ1n) is 7.66. The van der Waals surface area contributed by atoms with Gasteiger partial charge in [-0.2, -0.15) is 0 Å². The van der Waals surface area contributed by atoms with E-state index in [0.29, 0.717) is 5.75 Å². The first-order chi connectivity index (χ1) is 10.2. The minimum Gasteiger partial charge on any atom is -0.504 e. The number of phenolic OH excluding ortho intramolecular Hbond substituents is 1. The maximum atomic E-state index is 9.55. The third kappa shape index (κ3) is 5.19. The van der Waals surface area contributed by atoms with Crippen LogP contribution in [0, 0.1) is 0 Å². The highest BCUT2D eigenvalue weighted by Crippen LogP contribution is 2.26. The van der Waals surface area contributed by atoms with Gasteiger partial charge in [0, 0.05) is 32.7 Å². The van der Waals surface area contributed by atoms with Gasteiger partial charge in [-0.15, -0.1) is 0 Å². The Morgan fingerprint density at radius 3 is 2.71 bits per heavy atom. The highest BCUT2D eigenvalue weighted by molar-refractivity contribution is 5.41. The minimum atomic E-state index is 0.191. The van der Waals surface area contributed by atoms with Gasteiger partial charge in [0.25, 0.3) is 0 Å². The largest absolute Gasteiger partial charge is 0.504 e. The van der Waals surface area contributed by atoms with Crippen molar-refractivity contribution >= 4 is 0 Å². The summed E-state index contributed by atoms with van der Waals surface area (Å²) in [7, 11) is 3.76. The summed E-state index contributed by atoms with van der Waals surface area (Å²) in [6.45, 7) is 7.72. The van der Waals surface area contributed by atoms with Crippen molar-refractivity contribution in [1.82, 2.24) is 15.1 Å². The Morgan fingerprint density at radius 2 is 2.00 bits per heavy atom. The monoisotopic (exact) mass is 293 g/mol. The van der Waals surface area contributed by atoms with Gasteiger partial charge in [0.15, 0.2) is 11.5 Å². The number of rotatable bonds is 7. The molecule has 0 aliphatic carbocycles. The van der Waals surface area contributed by atoms with Crippen LogP contribution in [0.4, 0.5) is 0 Å². The molecule has 1 fully saturated rings. The molecule has 0 aromatic heterocycles. The van der Waals surface area contributed by atoms with E-state index in [4.69, 9.17) is 4.74 Å². The summed E-state index contributed by atoms with van der Waals surface area (Å²) in [5, 5.41) is 13.0. The Balaban J connectivity index is 1.61. The van der Waals surface area contributed by atoms with Crippen LogP contribution in [-0.2, 0) is 6.54 Å². The van der Waals surface area contributed by atoms with Gasteiger partial charge in [-0.1, -0.05) is 6.07 Å². The molecular weight excluding hydrogens is 266 g/mol. The molecular formula is C16H27N3O2. The number of aromatic hydroxyl groups is 1. The van der Waals surface area contributed by atoms with Gasteiger partial charge in [-0.25, -0.2) is 0 Å². The van der Waals surface area contributed by atoms with Gasteiger partial charge in [0.1, 0.15) is 0 Å². The first kappa shape index (κ1) is 16.1. The molecule has 0 saturated carbocycles. The number of likely N-dealkylation sites (N-methyl/N-ethyl adjacent to an activating group) is 1. The third-order valence-corrected chi connectivity index (χ3v) is 4.00. The summed E-state index contributed by atoms with van der Waals surface area (Å²) < 4.78 is 5.11. The lowest BCUT2D eigenvalue weighted by Gasteiger charge is -2.32. The molecule has 0 radical (unpaired) electrons. The first-order valence-corrected chi connectivity index (χ1v) is 7.66. The fourth-order valence-corrected chi connectivity index (χ4v) is 2.56. The average molecular weight is 293 g/mol. The second-order valence-electron chi connectivity index (χ2n) is 5.68. The highest BCUT2D eigenvalue weighted by Gasteiger charge is 2.12. The zero-order valence-electron chi connectivity index (χ0n) is 13.1. The standard InChI is InChI=1S/C16H27N3O2/c1-18-8-10-19(11-9-18)7-3-6-17-13-14-4-5-15(20)16(12-14)21-2/h4-5,12,17,20H,3,6-11,13H2,1-2H3. The van der Waals surface area contributed by atoms with Crippen LogP contribution in [0.25, 0.3) is 0 Å². The van der Waals surface area contributed by atoms with Crippen LogP contribution in [0.3, 0.4) is 0 Å². The second kappa shape index (κ2) is 8.22. The van der Waals surface area contributed by atoms with E-state index in [1.807, 2.05) is 12.1 Å². The molecule has 21 heavy (non-hydrogen) atoms. The quantitative estimate of drug-likeness (QED) is 0.738. The lowest BCUT2D eigenvalue weighted by Crippen LogP contribution is -2.45. The predicted molar refractivity (Wildman–Crippen MR) is 84.9 cm³/mol. The molecule has 1 aromatic carbocycles. The van der Waals surface area contributed by atoms with Crippen molar-refractivity contribution < 1.29 is 9.84 Å². The minimum absolute atomic E-state index is 0.191. The molecule has 1 aliphatic heterocycles. The van der Waals surface area contributed by atoms with E-state index in [1.165, 1.54) is 39.1 Å². The molecule has 1 heterocycles. The van der Waals surface area contributed by atoms with Crippen molar-refractivity contribution in [3.63, 3.8) is 0 Å². The molecule has 1 aromatic rings. The van der Waals surface area contributed by atoms with Crippen molar-refractivity contribution in [3.8, 4) is 11.5 Å². The Bertz CT molecular complexity index is 432. The summed E-state index contributed by atoms with van der Waals surface area (Å²) in [6.07, 6.45) is 1.17. The van der Waals surface area contributed by atoms with Crippen LogP contribution in [0.2, 0.25) is 0 Å². The van der Waals surface area contributed by atoms with Crippen molar-refractivity contribution in [3.05, 3.63) is 23.8 Å². The summed E-state index contributed by atoms with van der Waals surface area (Å²) >= 11 is 0. The van der Waals surface area contributed by atoms with E-state index in [-0.39, 0.29) is 5.75 Å². The molecule has 2 rings (SSSR count). The molecule has 1 aliphatic rings. The maximum Gasteiger partial charge on any atom is 0.160 e. The fourth-order valence-electron chi connectivity index (χ4n) is 2.56. The van der Waals surface area contributed by atoms with Crippen LogP contribution in [0.5, 0.6) is 11.5 Å². The lowest BCUT2D eigenvalue weighted by molar-refractivity contribution is 0.153. The van der Waals surface area contributed by atoms with Crippen LogP contribution >= 0.6 is 0 Å². The summed E-state index contributed by atoms with van der Waals surface area (Å²) in [6, 6.07) is 5.48. The van der Waals surface area contributed by atoms with Gasteiger partial charge >= 0.3 is 0 Å². The van der Waals surface area contributed by atoms with E-state index in [0.717, 1.165) is 18.7 Å². The van der Waals surface area contributed by atoms with Gasteiger partial charge in [0.05, 0.1) is 7.11 Å². The van der Waals surface area contributed by atoms with E-state index >= 15 is 0 Å².